The van der Waals surface area contributed by atoms with Crippen molar-refractivity contribution in [3.63, 3.8) is 0 Å². The molecule has 1 unspecified atom stereocenters. The molecule has 2 aromatic heterocycles. The summed E-state index contributed by atoms with van der Waals surface area (Å²) in [4.78, 5) is 36.7. The summed E-state index contributed by atoms with van der Waals surface area (Å²) in [5.41, 5.74) is 1.50. The number of carboxylic acid groups (broad SMARTS) is 1. The maximum absolute atomic E-state index is 13.0. The third kappa shape index (κ3) is 5.48. The van der Waals surface area contributed by atoms with Crippen LogP contribution in [0.5, 0.6) is 23.5 Å². The summed E-state index contributed by atoms with van der Waals surface area (Å²) < 4.78 is 15.9. The molecule has 3 aromatic rings. The Balaban J connectivity index is 1.89. The molecule has 0 spiro atoms. The van der Waals surface area contributed by atoms with Crippen LogP contribution in [0.2, 0.25) is 0 Å². The number of aryl methyl sites for hydroxylation is 1. The number of rotatable bonds is 9. The monoisotopic (exact) mass is 438 g/mol. The maximum Gasteiger partial charge on any atom is 0.328 e. The van der Waals surface area contributed by atoms with E-state index in [0.717, 1.165) is 5.56 Å². The molecular weight excluding hydrogens is 416 g/mol. The van der Waals surface area contributed by atoms with Gasteiger partial charge in [0.05, 0.1) is 32.7 Å². The minimum absolute atomic E-state index is 0.0538. The first-order valence-corrected chi connectivity index (χ1v) is 9.59. The van der Waals surface area contributed by atoms with Crippen molar-refractivity contribution in [3.8, 4) is 23.5 Å². The second-order valence-corrected chi connectivity index (χ2v) is 6.67. The lowest BCUT2D eigenvalue weighted by atomic mass is 9.98. The molecule has 1 atom stereocenters. The van der Waals surface area contributed by atoms with Crippen LogP contribution in [0.15, 0.2) is 48.7 Å². The number of nitrogens with one attached hydrogen (secondary N) is 1. The lowest BCUT2D eigenvalue weighted by Crippen LogP contribution is -2.31. The summed E-state index contributed by atoms with van der Waals surface area (Å²) >= 11 is 0. The van der Waals surface area contributed by atoms with Gasteiger partial charge in [0.25, 0.3) is 5.91 Å². The molecule has 1 aromatic carbocycles. The second kappa shape index (κ2) is 10.2. The molecule has 0 saturated carbocycles. The topological polar surface area (TPSA) is 133 Å². The van der Waals surface area contributed by atoms with Gasteiger partial charge in [-0.25, -0.2) is 4.98 Å². The third-order valence-electron chi connectivity index (χ3n) is 4.51. The molecule has 0 aliphatic rings. The van der Waals surface area contributed by atoms with Gasteiger partial charge in [-0.1, -0.05) is 24.3 Å². The van der Waals surface area contributed by atoms with Gasteiger partial charge in [0.15, 0.2) is 11.4 Å². The first kappa shape index (κ1) is 22.5. The quantitative estimate of drug-likeness (QED) is 0.517. The number of hydrogen-bond acceptors (Lipinski definition) is 8. The van der Waals surface area contributed by atoms with E-state index >= 15 is 0 Å². The highest BCUT2D eigenvalue weighted by Gasteiger charge is 2.23. The number of ether oxygens (including phenoxy) is 3. The van der Waals surface area contributed by atoms with Crippen molar-refractivity contribution in [1.29, 1.82) is 0 Å². The predicted octanol–water partition coefficient (Wildman–Crippen LogP) is 2.94. The van der Waals surface area contributed by atoms with Crippen LogP contribution in [0.25, 0.3) is 0 Å². The lowest BCUT2D eigenvalue weighted by Gasteiger charge is -2.20. The Morgan fingerprint density at radius 3 is 2.38 bits per heavy atom. The van der Waals surface area contributed by atoms with E-state index in [4.69, 9.17) is 14.2 Å². The van der Waals surface area contributed by atoms with Crippen LogP contribution in [0, 0.1) is 6.92 Å². The number of hydrogen-bond donors (Lipinski definition) is 2. The Labute approximate surface area is 184 Å². The van der Waals surface area contributed by atoms with Crippen LogP contribution < -0.4 is 19.5 Å². The predicted molar refractivity (Wildman–Crippen MR) is 113 cm³/mol. The van der Waals surface area contributed by atoms with Gasteiger partial charge in [-0.15, -0.1) is 0 Å². The van der Waals surface area contributed by atoms with E-state index in [1.54, 1.807) is 18.2 Å². The summed E-state index contributed by atoms with van der Waals surface area (Å²) in [5, 5.41) is 12.1. The minimum atomic E-state index is -1.05. The van der Waals surface area contributed by atoms with Crippen molar-refractivity contribution in [2.75, 3.05) is 14.2 Å². The SMILES string of the molecule is COc1cc(OC)nc(Oc2cccnc2C(=O)NC(CC(=O)O)c2ccccc2C)n1. The molecule has 0 saturated heterocycles. The first-order chi connectivity index (χ1) is 15.4. The molecule has 2 heterocycles. The van der Waals surface area contributed by atoms with Crippen molar-refractivity contribution in [2.45, 2.75) is 19.4 Å². The fourth-order valence-electron chi connectivity index (χ4n) is 3.00. The number of carbonyl (C=O) groups excluding carboxylic acids is 1. The minimum Gasteiger partial charge on any atom is -0.481 e. The molecule has 10 nitrogen and oxygen atoms in total. The van der Waals surface area contributed by atoms with Gasteiger partial charge in [0, 0.05) is 6.20 Å². The summed E-state index contributed by atoms with van der Waals surface area (Å²) in [7, 11) is 2.87. The molecule has 2 N–H and O–H groups in total. The van der Waals surface area contributed by atoms with Crippen molar-refractivity contribution >= 4 is 11.9 Å². The highest BCUT2D eigenvalue weighted by Crippen LogP contribution is 2.27. The molecule has 10 heteroatoms. The lowest BCUT2D eigenvalue weighted by molar-refractivity contribution is -0.137. The van der Waals surface area contributed by atoms with Crippen LogP contribution in [-0.4, -0.2) is 46.2 Å². The van der Waals surface area contributed by atoms with E-state index in [1.807, 2.05) is 19.1 Å². The van der Waals surface area contributed by atoms with Crippen molar-refractivity contribution < 1.29 is 28.9 Å². The fourth-order valence-corrected chi connectivity index (χ4v) is 3.00. The molecule has 0 radical (unpaired) electrons. The Bertz CT molecular complexity index is 1100. The van der Waals surface area contributed by atoms with E-state index in [0.29, 0.717) is 5.56 Å². The molecule has 1 amide bonds. The summed E-state index contributed by atoms with van der Waals surface area (Å²) in [6.45, 7) is 1.85. The number of amides is 1. The highest BCUT2D eigenvalue weighted by atomic mass is 16.5. The van der Waals surface area contributed by atoms with Gasteiger partial charge in [-0.05, 0) is 30.2 Å². The Hall–Kier alpha value is -4.21. The number of nitrogens with zero attached hydrogens (tertiary/aromatic N) is 3. The zero-order valence-electron chi connectivity index (χ0n) is 17.7. The molecule has 32 heavy (non-hydrogen) atoms. The number of methoxy groups -OCH3 is 2. The van der Waals surface area contributed by atoms with Crippen molar-refractivity contribution in [3.05, 3.63) is 65.5 Å². The van der Waals surface area contributed by atoms with Gasteiger partial charge in [0.1, 0.15) is 0 Å². The van der Waals surface area contributed by atoms with Gasteiger partial charge >= 0.3 is 12.0 Å². The zero-order valence-corrected chi connectivity index (χ0v) is 17.7. The van der Waals surface area contributed by atoms with Crippen molar-refractivity contribution in [1.82, 2.24) is 20.3 Å². The summed E-state index contributed by atoms with van der Waals surface area (Å²) in [5.74, 6) is -1.15. The first-order valence-electron chi connectivity index (χ1n) is 9.59. The van der Waals surface area contributed by atoms with Gasteiger partial charge in [0.2, 0.25) is 11.8 Å². The molecule has 166 valence electrons. The molecule has 3 rings (SSSR count). The third-order valence-corrected chi connectivity index (χ3v) is 4.51. The number of aromatic nitrogens is 3. The number of carbonyl (C=O) groups is 2. The fraction of sp³-hybridized carbons (Fsp3) is 0.227. The largest absolute Gasteiger partial charge is 0.481 e. The van der Waals surface area contributed by atoms with Gasteiger partial charge in [-0.2, -0.15) is 9.97 Å². The van der Waals surface area contributed by atoms with E-state index in [-0.39, 0.29) is 35.6 Å². The van der Waals surface area contributed by atoms with Crippen LogP contribution in [0.1, 0.15) is 34.1 Å². The zero-order chi connectivity index (χ0) is 23.1. The van der Waals surface area contributed by atoms with Crippen LogP contribution in [0.3, 0.4) is 0 Å². The second-order valence-electron chi connectivity index (χ2n) is 6.67. The van der Waals surface area contributed by atoms with Crippen LogP contribution in [-0.2, 0) is 4.79 Å². The standard InChI is InChI=1S/C22H22N4O6/c1-13-7-4-5-8-14(13)15(11-19(27)28)24-21(29)20-16(9-6-10-23-20)32-22-25-17(30-2)12-18(26-22)31-3/h4-10,12,15H,11H2,1-3H3,(H,24,29)(H,27,28). The van der Waals surface area contributed by atoms with E-state index in [1.165, 1.54) is 32.5 Å². The Kier molecular flexibility index (Phi) is 7.17. The normalized spacial score (nSPS) is 11.3. The van der Waals surface area contributed by atoms with E-state index in [2.05, 4.69) is 20.3 Å². The average molecular weight is 438 g/mol. The molecule has 0 aliphatic heterocycles. The van der Waals surface area contributed by atoms with Gasteiger partial charge < -0.3 is 24.6 Å². The summed E-state index contributed by atoms with van der Waals surface area (Å²) in [6.07, 6.45) is 1.13. The van der Waals surface area contributed by atoms with Gasteiger partial charge in [-0.3, -0.25) is 9.59 Å². The molecule has 0 fully saturated rings. The number of aliphatic carboxylic acids is 1. The molecule has 0 bridgehead atoms. The van der Waals surface area contributed by atoms with E-state index in [9.17, 15) is 14.7 Å². The Morgan fingerprint density at radius 1 is 1.06 bits per heavy atom. The smallest absolute Gasteiger partial charge is 0.328 e. The Morgan fingerprint density at radius 2 is 1.75 bits per heavy atom. The maximum atomic E-state index is 13.0. The van der Waals surface area contributed by atoms with Crippen LogP contribution >= 0.6 is 0 Å². The average Bonchev–Trinajstić information content (AvgIpc) is 2.78. The number of carboxylic acids is 1. The molecular formula is C22H22N4O6. The van der Waals surface area contributed by atoms with Crippen molar-refractivity contribution in [2.24, 2.45) is 0 Å². The number of benzene rings is 1. The van der Waals surface area contributed by atoms with Crippen LogP contribution in [0.4, 0.5) is 0 Å². The molecule has 0 aliphatic carbocycles. The number of pyridine rings is 1. The van der Waals surface area contributed by atoms with E-state index < -0.39 is 17.9 Å². The summed E-state index contributed by atoms with van der Waals surface area (Å²) in [6, 6.07) is 11.0. The highest BCUT2D eigenvalue weighted by molar-refractivity contribution is 5.95.